The first-order valence-corrected chi connectivity index (χ1v) is 7.50. The molecule has 1 aromatic carbocycles. The summed E-state index contributed by atoms with van der Waals surface area (Å²) >= 11 is 0. The van der Waals surface area contributed by atoms with Crippen LogP contribution in [-0.2, 0) is 10.2 Å². The lowest BCUT2D eigenvalue weighted by Crippen LogP contribution is -2.32. The average Bonchev–Trinajstić information content (AvgIpc) is 3.23. The minimum atomic E-state index is -0.483. The van der Waals surface area contributed by atoms with E-state index in [9.17, 15) is 4.79 Å². The maximum absolute atomic E-state index is 11.5. The molecule has 0 aromatic heterocycles. The first-order chi connectivity index (χ1) is 10.3. The van der Waals surface area contributed by atoms with Gasteiger partial charge in [0, 0.05) is 6.54 Å². The third-order valence-corrected chi connectivity index (χ3v) is 3.50. The lowest BCUT2D eigenvalue weighted by molar-refractivity contribution is 0.0534. The minimum Gasteiger partial charge on any atom is -0.444 e. The van der Waals surface area contributed by atoms with E-state index in [-0.39, 0.29) is 5.41 Å². The second kappa shape index (κ2) is 6.23. The average molecular weight is 298 g/mol. The fourth-order valence-electron chi connectivity index (χ4n) is 2.15. The Labute approximate surface area is 131 Å². The highest BCUT2D eigenvalue weighted by Gasteiger charge is 2.44. The van der Waals surface area contributed by atoms with Crippen LogP contribution in [-0.4, -0.2) is 18.2 Å². The van der Waals surface area contributed by atoms with Gasteiger partial charge in [0.15, 0.2) is 0 Å². The number of rotatable bonds is 4. The van der Waals surface area contributed by atoms with Gasteiger partial charge in [-0.3, -0.25) is 0 Å². The van der Waals surface area contributed by atoms with Crippen molar-refractivity contribution in [3.8, 4) is 6.07 Å². The number of amides is 1. The zero-order chi connectivity index (χ0) is 16.2. The highest BCUT2D eigenvalue weighted by molar-refractivity contribution is 5.68. The van der Waals surface area contributed by atoms with Crippen molar-refractivity contribution in [2.45, 2.75) is 44.6 Å². The quantitative estimate of drug-likeness (QED) is 0.920. The van der Waals surface area contributed by atoms with Gasteiger partial charge >= 0.3 is 6.09 Å². The highest BCUT2D eigenvalue weighted by atomic mass is 16.6. The van der Waals surface area contributed by atoms with Crippen LogP contribution < -0.4 is 5.32 Å². The Balaban J connectivity index is 1.82. The second-order valence-electron chi connectivity index (χ2n) is 6.60. The van der Waals surface area contributed by atoms with Gasteiger partial charge in [-0.15, -0.1) is 0 Å². The molecule has 0 heterocycles. The van der Waals surface area contributed by atoms with Gasteiger partial charge in [-0.05, 0) is 44.7 Å². The van der Waals surface area contributed by atoms with Gasteiger partial charge in [-0.2, -0.15) is 5.26 Å². The number of nitrogens with zero attached hydrogens (tertiary/aromatic N) is 1. The molecule has 0 unspecified atom stereocenters. The third-order valence-electron chi connectivity index (χ3n) is 3.50. The van der Waals surface area contributed by atoms with E-state index < -0.39 is 11.7 Å². The predicted molar refractivity (Wildman–Crippen MR) is 86.2 cm³/mol. The van der Waals surface area contributed by atoms with Crippen molar-refractivity contribution in [1.29, 1.82) is 5.26 Å². The van der Waals surface area contributed by atoms with Gasteiger partial charge in [0.1, 0.15) is 5.60 Å². The Hall–Kier alpha value is -2.28. The number of ether oxygens (including phenoxy) is 1. The van der Waals surface area contributed by atoms with Crippen molar-refractivity contribution in [2.75, 3.05) is 6.54 Å². The van der Waals surface area contributed by atoms with Crippen molar-refractivity contribution in [3.05, 3.63) is 41.5 Å². The van der Waals surface area contributed by atoms with E-state index in [1.54, 1.807) is 0 Å². The molecule has 0 bridgehead atoms. The topological polar surface area (TPSA) is 62.1 Å². The van der Waals surface area contributed by atoms with E-state index in [4.69, 9.17) is 10.00 Å². The van der Waals surface area contributed by atoms with Crippen LogP contribution in [0.4, 0.5) is 4.79 Å². The van der Waals surface area contributed by atoms with Gasteiger partial charge in [0.25, 0.3) is 0 Å². The lowest BCUT2D eigenvalue weighted by atomic mass is 9.97. The molecule has 0 saturated heterocycles. The molecular formula is C18H22N2O2. The molecule has 0 radical (unpaired) electrons. The van der Waals surface area contributed by atoms with Crippen LogP contribution in [0.25, 0.3) is 6.08 Å². The predicted octanol–water partition coefficient (Wildman–Crippen LogP) is 3.78. The van der Waals surface area contributed by atoms with Gasteiger partial charge in [0.05, 0.1) is 11.5 Å². The molecule has 2 rings (SSSR count). The number of nitrogens with one attached hydrogen (secondary N) is 1. The largest absolute Gasteiger partial charge is 0.444 e. The molecule has 1 aliphatic rings. The molecule has 0 spiro atoms. The van der Waals surface area contributed by atoms with E-state index >= 15 is 0 Å². The molecule has 0 aliphatic heterocycles. The smallest absolute Gasteiger partial charge is 0.407 e. The number of alkyl carbamates (subject to hydrolysis) is 1. The Morgan fingerprint density at radius 2 is 2.00 bits per heavy atom. The van der Waals surface area contributed by atoms with E-state index in [0.29, 0.717) is 6.54 Å². The van der Waals surface area contributed by atoms with Gasteiger partial charge < -0.3 is 10.1 Å². The van der Waals surface area contributed by atoms with Gasteiger partial charge in [0.2, 0.25) is 0 Å². The molecule has 1 amide bonds. The number of carbonyl (C=O) groups excluding carboxylic acids is 1. The monoisotopic (exact) mass is 298 g/mol. The van der Waals surface area contributed by atoms with Gasteiger partial charge in [-0.1, -0.05) is 36.4 Å². The van der Waals surface area contributed by atoms with E-state index in [1.807, 2.05) is 57.2 Å². The van der Waals surface area contributed by atoms with Crippen LogP contribution >= 0.6 is 0 Å². The SMILES string of the molecule is CC(C)(C)OC(=O)NCC=Cc1ccc(C2(C#N)CC2)cc1. The summed E-state index contributed by atoms with van der Waals surface area (Å²) in [5, 5.41) is 11.8. The fraction of sp³-hybridized carbons (Fsp3) is 0.444. The Morgan fingerprint density at radius 1 is 1.36 bits per heavy atom. The van der Waals surface area contributed by atoms with Crippen molar-refractivity contribution >= 4 is 12.2 Å². The molecule has 1 aliphatic carbocycles. The molecule has 1 N–H and O–H groups in total. The molecule has 1 fully saturated rings. The molecule has 4 nitrogen and oxygen atoms in total. The van der Waals surface area contributed by atoms with Crippen LogP contribution in [0.2, 0.25) is 0 Å². The van der Waals surface area contributed by atoms with Crippen LogP contribution in [0, 0.1) is 11.3 Å². The van der Waals surface area contributed by atoms with Crippen LogP contribution in [0.3, 0.4) is 0 Å². The summed E-state index contributed by atoms with van der Waals surface area (Å²) in [4.78, 5) is 11.5. The first kappa shape index (κ1) is 16.1. The number of benzene rings is 1. The Kier molecular flexibility index (Phi) is 4.56. The van der Waals surface area contributed by atoms with Crippen LogP contribution in [0.1, 0.15) is 44.7 Å². The van der Waals surface area contributed by atoms with E-state index in [0.717, 1.165) is 24.0 Å². The molecule has 116 valence electrons. The van der Waals surface area contributed by atoms with Crippen molar-refractivity contribution in [1.82, 2.24) is 5.32 Å². The number of nitriles is 1. The maximum atomic E-state index is 11.5. The lowest BCUT2D eigenvalue weighted by Gasteiger charge is -2.19. The fourth-order valence-corrected chi connectivity index (χ4v) is 2.15. The Morgan fingerprint density at radius 3 is 2.50 bits per heavy atom. The maximum Gasteiger partial charge on any atom is 0.407 e. The number of hydrogen-bond acceptors (Lipinski definition) is 3. The molecule has 0 atom stereocenters. The highest BCUT2D eigenvalue weighted by Crippen LogP contribution is 2.47. The number of carbonyl (C=O) groups is 1. The third kappa shape index (κ3) is 4.36. The summed E-state index contributed by atoms with van der Waals surface area (Å²) in [6.07, 6.45) is 5.30. The minimum absolute atomic E-state index is 0.236. The number of hydrogen-bond donors (Lipinski definition) is 1. The van der Waals surface area contributed by atoms with Crippen molar-refractivity contribution in [3.63, 3.8) is 0 Å². The molecule has 4 heteroatoms. The van der Waals surface area contributed by atoms with Crippen LogP contribution in [0.15, 0.2) is 30.3 Å². The van der Waals surface area contributed by atoms with Gasteiger partial charge in [-0.25, -0.2) is 4.79 Å². The van der Waals surface area contributed by atoms with Crippen molar-refractivity contribution < 1.29 is 9.53 Å². The molecule has 1 aromatic rings. The zero-order valence-corrected chi connectivity index (χ0v) is 13.3. The molecule has 22 heavy (non-hydrogen) atoms. The standard InChI is InChI=1S/C18H22N2O2/c1-17(2,3)22-16(21)20-12-4-5-14-6-8-15(9-7-14)18(13-19)10-11-18/h4-9H,10-12H2,1-3H3,(H,20,21). The summed E-state index contributed by atoms with van der Waals surface area (Å²) in [6, 6.07) is 10.4. The van der Waals surface area contributed by atoms with Crippen LogP contribution in [0.5, 0.6) is 0 Å². The normalized spacial score (nSPS) is 16.1. The summed E-state index contributed by atoms with van der Waals surface area (Å²) in [7, 11) is 0. The van der Waals surface area contributed by atoms with E-state index in [1.165, 1.54) is 0 Å². The summed E-state index contributed by atoms with van der Waals surface area (Å²) in [5.74, 6) is 0. The zero-order valence-electron chi connectivity index (χ0n) is 13.3. The summed E-state index contributed by atoms with van der Waals surface area (Å²) in [5.41, 5.74) is 1.42. The summed E-state index contributed by atoms with van der Waals surface area (Å²) < 4.78 is 5.15. The first-order valence-electron chi connectivity index (χ1n) is 7.50. The molecule has 1 saturated carbocycles. The second-order valence-corrected chi connectivity index (χ2v) is 6.60. The Bertz CT molecular complexity index is 599. The van der Waals surface area contributed by atoms with E-state index in [2.05, 4.69) is 11.4 Å². The summed E-state index contributed by atoms with van der Waals surface area (Å²) in [6.45, 7) is 5.91. The molecular weight excluding hydrogens is 276 g/mol. The van der Waals surface area contributed by atoms with Crippen molar-refractivity contribution in [2.24, 2.45) is 0 Å².